The van der Waals surface area contributed by atoms with E-state index >= 15 is 0 Å². The van der Waals surface area contributed by atoms with Crippen LogP contribution in [-0.2, 0) is 0 Å². The Morgan fingerprint density at radius 1 is 1.45 bits per heavy atom. The number of benzene rings is 1. The Bertz CT molecular complexity index is 507. The number of nitrogens with zero attached hydrogens (tertiary/aromatic N) is 1. The third-order valence-electron chi connectivity index (χ3n) is 4.29. The molecule has 1 aromatic rings. The number of nitrogens with one attached hydrogen (secondary N) is 1. The largest absolute Gasteiger partial charge is 0.497 e. The molecule has 2 fully saturated rings. The van der Waals surface area contributed by atoms with Gasteiger partial charge in [0.2, 0.25) is 0 Å². The molecule has 2 aliphatic rings. The highest BCUT2D eigenvalue weighted by atomic mass is 79.9. The third-order valence-corrected chi connectivity index (χ3v) is 4.98. The molecular formula is C15H19BrN2O2. The first-order valence-corrected chi connectivity index (χ1v) is 7.84. The standard InChI is InChI=1S/C15H19BrN2O2/c1-20-11-4-5-13(16)12(7-11)15(19)18-8-10-3-2-6-17-14(10)9-18/h4-5,7,10,14,17H,2-3,6,8-9H2,1H3/t10-,14+/m0/s1. The lowest BCUT2D eigenvalue weighted by molar-refractivity contribution is 0.0784. The second-order valence-corrected chi connectivity index (χ2v) is 6.37. The Labute approximate surface area is 127 Å². The Morgan fingerprint density at radius 2 is 2.30 bits per heavy atom. The number of carbonyl (C=O) groups is 1. The number of carbonyl (C=O) groups excluding carboxylic acids is 1. The lowest BCUT2D eigenvalue weighted by Gasteiger charge is -2.24. The Kier molecular flexibility index (Phi) is 3.98. The van der Waals surface area contributed by atoms with E-state index in [4.69, 9.17) is 4.74 Å². The molecule has 1 aromatic carbocycles. The average Bonchev–Trinajstić information content (AvgIpc) is 2.91. The molecule has 0 aromatic heterocycles. The number of rotatable bonds is 2. The van der Waals surface area contributed by atoms with Gasteiger partial charge in [-0.3, -0.25) is 4.79 Å². The van der Waals surface area contributed by atoms with Gasteiger partial charge in [0, 0.05) is 23.6 Å². The minimum Gasteiger partial charge on any atom is -0.497 e. The van der Waals surface area contributed by atoms with Gasteiger partial charge in [-0.2, -0.15) is 0 Å². The average molecular weight is 339 g/mol. The van der Waals surface area contributed by atoms with Crippen LogP contribution in [0.5, 0.6) is 5.75 Å². The highest BCUT2D eigenvalue weighted by Crippen LogP contribution is 2.29. The second-order valence-electron chi connectivity index (χ2n) is 5.52. The molecule has 0 saturated carbocycles. The number of halogens is 1. The minimum absolute atomic E-state index is 0.0898. The minimum atomic E-state index is 0.0898. The maximum absolute atomic E-state index is 12.7. The van der Waals surface area contributed by atoms with Gasteiger partial charge in [-0.05, 0) is 59.4 Å². The van der Waals surface area contributed by atoms with Crippen molar-refractivity contribution in [3.63, 3.8) is 0 Å². The summed E-state index contributed by atoms with van der Waals surface area (Å²) in [4.78, 5) is 14.7. The Hall–Kier alpha value is -1.07. The van der Waals surface area contributed by atoms with Crippen molar-refractivity contribution < 1.29 is 9.53 Å². The zero-order valence-corrected chi connectivity index (χ0v) is 13.1. The van der Waals surface area contributed by atoms with Gasteiger partial charge in [0.25, 0.3) is 5.91 Å². The van der Waals surface area contributed by atoms with Crippen LogP contribution in [0, 0.1) is 5.92 Å². The maximum Gasteiger partial charge on any atom is 0.255 e. The van der Waals surface area contributed by atoms with Crippen molar-refractivity contribution in [2.24, 2.45) is 5.92 Å². The molecule has 1 amide bonds. The van der Waals surface area contributed by atoms with Crippen molar-refractivity contribution in [3.05, 3.63) is 28.2 Å². The monoisotopic (exact) mass is 338 g/mol. The SMILES string of the molecule is COc1ccc(Br)c(C(=O)N2C[C@@H]3CCCN[C@@H]3C2)c1. The van der Waals surface area contributed by atoms with Crippen molar-refractivity contribution in [1.82, 2.24) is 10.2 Å². The van der Waals surface area contributed by atoms with Gasteiger partial charge < -0.3 is 15.0 Å². The number of hydrogen-bond acceptors (Lipinski definition) is 3. The van der Waals surface area contributed by atoms with Crippen molar-refractivity contribution in [2.75, 3.05) is 26.7 Å². The topological polar surface area (TPSA) is 41.6 Å². The summed E-state index contributed by atoms with van der Waals surface area (Å²) < 4.78 is 6.04. The van der Waals surface area contributed by atoms with Gasteiger partial charge in [0.15, 0.2) is 0 Å². The fourth-order valence-corrected chi connectivity index (χ4v) is 3.59. The summed E-state index contributed by atoms with van der Waals surface area (Å²) in [6.07, 6.45) is 2.44. The van der Waals surface area contributed by atoms with Gasteiger partial charge in [0.05, 0.1) is 12.7 Å². The summed E-state index contributed by atoms with van der Waals surface area (Å²) >= 11 is 3.47. The first-order chi connectivity index (χ1) is 9.69. The lowest BCUT2D eigenvalue weighted by Crippen LogP contribution is -2.41. The molecule has 20 heavy (non-hydrogen) atoms. The highest BCUT2D eigenvalue weighted by molar-refractivity contribution is 9.10. The van der Waals surface area contributed by atoms with E-state index in [1.807, 2.05) is 23.1 Å². The summed E-state index contributed by atoms with van der Waals surface area (Å²) in [7, 11) is 1.62. The number of amides is 1. The fourth-order valence-electron chi connectivity index (χ4n) is 3.18. The van der Waals surface area contributed by atoms with E-state index in [-0.39, 0.29) is 5.91 Å². The number of hydrogen-bond donors (Lipinski definition) is 1. The Morgan fingerprint density at radius 3 is 3.05 bits per heavy atom. The molecule has 2 heterocycles. The van der Waals surface area contributed by atoms with Crippen LogP contribution in [0.15, 0.2) is 22.7 Å². The zero-order valence-electron chi connectivity index (χ0n) is 11.6. The van der Waals surface area contributed by atoms with Gasteiger partial charge >= 0.3 is 0 Å². The van der Waals surface area contributed by atoms with Crippen molar-refractivity contribution in [2.45, 2.75) is 18.9 Å². The number of fused-ring (bicyclic) bond motifs is 1. The first-order valence-electron chi connectivity index (χ1n) is 7.05. The highest BCUT2D eigenvalue weighted by Gasteiger charge is 2.37. The van der Waals surface area contributed by atoms with Crippen LogP contribution in [0.4, 0.5) is 0 Å². The van der Waals surface area contributed by atoms with E-state index in [9.17, 15) is 4.79 Å². The quantitative estimate of drug-likeness (QED) is 0.899. The van der Waals surface area contributed by atoms with Crippen LogP contribution < -0.4 is 10.1 Å². The van der Waals surface area contributed by atoms with E-state index in [1.165, 1.54) is 12.8 Å². The van der Waals surface area contributed by atoms with Crippen LogP contribution >= 0.6 is 15.9 Å². The van der Waals surface area contributed by atoms with Crippen molar-refractivity contribution >= 4 is 21.8 Å². The molecule has 4 nitrogen and oxygen atoms in total. The molecule has 1 N–H and O–H groups in total. The zero-order chi connectivity index (χ0) is 14.1. The van der Waals surface area contributed by atoms with Crippen molar-refractivity contribution in [3.8, 4) is 5.75 Å². The molecule has 2 aliphatic heterocycles. The summed E-state index contributed by atoms with van der Waals surface area (Å²) in [5.74, 6) is 1.41. The van der Waals surface area contributed by atoms with Crippen LogP contribution in [0.2, 0.25) is 0 Å². The number of piperidine rings is 1. The van der Waals surface area contributed by atoms with E-state index in [2.05, 4.69) is 21.2 Å². The maximum atomic E-state index is 12.7. The molecule has 2 saturated heterocycles. The molecule has 0 radical (unpaired) electrons. The van der Waals surface area contributed by atoms with E-state index in [0.29, 0.717) is 23.3 Å². The van der Waals surface area contributed by atoms with E-state index in [1.54, 1.807) is 7.11 Å². The summed E-state index contributed by atoms with van der Waals surface area (Å²) in [6, 6.07) is 6.00. The molecule has 5 heteroatoms. The van der Waals surface area contributed by atoms with Gasteiger partial charge in [-0.15, -0.1) is 0 Å². The van der Waals surface area contributed by atoms with Crippen molar-refractivity contribution in [1.29, 1.82) is 0 Å². The van der Waals surface area contributed by atoms with Crippen LogP contribution in [0.1, 0.15) is 23.2 Å². The lowest BCUT2D eigenvalue weighted by atomic mass is 9.94. The first kappa shape index (κ1) is 13.9. The summed E-state index contributed by atoms with van der Waals surface area (Å²) in [5.41, 5.74) is 0.683. The molecule has 0 spiro atoms. The number of likely N-dealkylation sites (tertiary alicyclic amines) is 1. The summed E-state index contributed by atoms with van der Waals surface area (Å²) in [5, 5.41) is 3.52. The third kappa shape index (κ3) is 2.56. The molecule has 0 bridgehead atoms. The molecule has 3 rings (SSSR count). The molecule has 0 aliphatic carbocycles. The predicted molar refractivity (Wildman–Crippen MR) is 81.1 cm³/mol. The Balaban J connectivity index is 1.79. The van der Waals surface area contributed by atoms with Crippen LogP contribution in [0.3, 0.4) is 0 Å². The smallest absolute Gasteiger partial charge is 0.255 e. The molecular weight excluding hydrogens is 320 g/mol. The van der Waals surface area contributed by atoms with Gasteiger partial charge in [-0.25, -0.2) is 0 Å². The van der Waals surface area contributed by atoms with Gasteiger partial charge in [0.1, 0.15) is 5.75 Å². The van der Waals surface area contributed by atoms with Crippen LogP contribution in [0.25, 0.3) is 0 Å². The normalized spacial score (nSPS) is 25.4. The molecule has 0 unspecified atom stereocenters. The molecule has 108 valence electrons. The predicted octanol–water partition coefficient (Wildman–Crippen LogP) is 2.28. The van der Waals surface area contributed by atoms with E-state index < -0.39 is 0 Å². The fraction of sp³-hybridized carbons (Fsp3) is 0.533. The second kappa shape index (κ2) is 5.74. The number of ether oxygens (including phenoxy) is 1. The molecule has 2 atom stereocenters. The van der Waals surface area contributed by atoms with Crippen LogP contribution in [-0.4, -0.2) is 43.6 Å². The van der Waals surface area contributed by atoms with E-state index in [0.717, 1.165) is 24.1 Å². The summed E-state index contributed by atoms with van der Waals surface area (Å²) in [6.45, 7) is 2.75. The van der Waals surface area contributed by atoms with Gasteiger partial charge in [-0.1, -0.05) is 0 Å². The number of methoxy groups -OCH3 is 1.